The first kappa shape index (κ1) is 11.9. The van der Waals surface area contributed by atoms with Gasteiger partial charge in [0.2, 0.25) is 0 Å². The van der Waals surface area contributed by atoms with Gasteiger partial charge in [-0.3, -0.25) is 4.90 Å². The summed E-state index contributed by atoms with van der Waals surface area (Å²) < 4.78 is 23.0. The van der Waals surface area contributed by atoms with E-state index in [2.05, 4.69) is 11.0 Å². The molecule has 5 heteroatoms. The molecule has 1 heterocycles. The highest BCUT2D eigenvalue weighted by molar-refractivity contribution is 7.91. The van der Waals surface area contributed by atoms with E-state index in [4.69, 9.17) is 5.26 Å². The van der Waals surface area contributed by atoms with Gasteiger partial charge in [-0.1, -0.05) is 6.42 Å². The Morgan fingerprint density at radius 2 is 1.94 bits per heavy atom. The summed E-state index contributed by atoms with van der Waals surface area (Å²) in [6.07, 6.45) is 3.85. The van der Waals surface area contributed by atoms with Crippen molar-refractivity contribution in [1.29, 1.82) is 5.26 Å². The monoisotopic (exact) mass is 242 g/mol. The van der Waals surface area contributed by atoms with Crippen molar-refractivity contribution >= 4 is 9.84 Å². The summed E-state index contributed by atoms with van der Waals surface area (Å²) in [7, 11) is -2.83. The summed E-state index contributed by atoms with van der Waals surface area (Å²) in [5.74, 6) is 0.690. The molecule has 2 rings (SSSR count). The average molecular weight is 242 g/mol. The van der Waals surface area contributed by atoms with Crippen molar-refractivity contribution in [3.8, 4) is 6.07 Å². The number of hydrogen-bond acceptors (Lipinski definition) is 4. The normalized spacial score (nSPS) is 35.4. The van der Waals surface area contributed by atoms with E-state index in [1.54, 1.807) is 0 Å². The minimum atomic E-state index is -2.83. The van der Waals surface area contributed by atoms with Gasteiger partial charge in [0.05, 0.1) is 23.5 Å². The summed E-state index contributed by atoms with van der Waals surface area (Å²) in [5, 5.41) is 9.05. The van der Waals surface area contributed by atoms with Crippen LogP contribution in [0.15, 0.2) is 0 Å². The Morgan fingerprint density at radius 3 is 2.69 bits per heavy atom. The third kappa shape index (κ3) is 2.55. The molecular formula is C11H18N2O2S. The zero-order valence-corrected chi connectivity index (χ0v) is 10.2. The molecule has 0 N–H and O–H groups in total. The molecule has 0 aromatic rings. The topological polar surface area (TPSA) is 61.2 Å². The van der Waals surface area contributed by atoms with Gasteiger partial charge in [-0.15, -0.1) is 0 Å². The molecule has 0 radical (unpaired) electrons. The highest BCUT2D eigenvalue weighted by atomic mass is 32.2. The van der Waals surface area contributed by atoms with E-state index >= 15 is 0 Å². The number of sulfone groups is 1. The number of rotatable bonds is 1. The van der Waals surface area contributed by atoms with Crippen LogP contribution in [0.4, 0.5) is 0 Å². The summed E-state index contributed by atoms with van der Waals surface area (Å²) in [6, 6.07) is 2.67. The summed E-state index contributed by atoms with van der Waals surface area (Å²) >= 11 is 0. The number of nitriles is 1. The van der Waals surface area contributed by atoms with Crippen molar-refractivity contribution in [2.75, 3.05) is 24.6 Å². The Labute approximate surface area is 97.2 Å². The van der Waals surface area contributed by atoms with Gasteiger partial charge in [0.15, 0.2) is 9.84 Å². The van der Waals surface area contributed by atoms with Crippen molar-refractivity contribution in [1.82, 2.24) is 4.90 Å². The van der Waals surface area contributed by atoms with Crippen molar-refractivity contribution in [2.45, 2.75) is 31.7 Å². The van der Waals surface area contributed by atoms with Gasteiger partial charge in [0.25, 0.3) is 0 Å². The van der Waals surface area contributed by atoms with E-state index in [1.807, 2.05) is 0 Å². The van der Waals surface area contributed by atoms with Gasteiger partial charge in [-0.05, 0) is 25.8 Å². The molecule has 0 aromatic carbocycles. The molecule has 0 bridgehead atoms. The van der Waals surface area contributed by atoms with Gasteiger partial charge in [0.1, 0.15) is 0 Å². The van der Waals surface area contributed by atoms with E-state index in [0.29, 0.717) is 18.3 Å². The summed E-state index contributed by atoms with van der Waals surface area (Å²) in [4.78, 5) is 2.23. The third-order valence-corrected chi connectivity index (χ3v) is 5.42. The van der Waals surface area contributed by atoms with Crippen LogP contribution in [0.25, 0.3) is 0 Å². The van der Waals surface area contributed by atoms with Crippen LogP contribution in [0.5, 0.6) is 0 Å². The molecular weight excluding hydrogens is 224 g/mol. The van der Waals surface area contributed by atoms with E-state index in [1.165, 1.54) is 0 Å². The van der Waals surface area contributed by atoms with Crippen molar-refractivity contribution in [3.05, 3.63) is 0 Å². The lowest BCUT2D eigenvalue weighted by Gasteiger charge is -2.28. The van der Waals surface area contributed by atoms with E-state index < -0.39 is 9.84 Å². The Kier molecular flexibility index (Phi) is 3.50. The van der Waals surface area contributed by atoms with E-state index in [-0.39, 0.29) is 11.7 Å². The maximum atomic E-state index is 11.5. The predicted molar refractivity (Wildman–Crippen MR) is 61.6 cm³/mol. The van der Waals surface area contributed by atoms with Crippen LogP contribution >= 0.6 is 0 Å². The maximum Gasteiger partial charge on any atom is 0.151 e. The number of nitrogens with zero attached hydrogens (tertiary/aromatic N) is 2. The lowest BCUT2D eigenvalue weighted by molar-refractivity contribution is 0.192. The van der Waals surface area contributed by atoms with Gasteiger partial charge in [-0.2, -0.15) is 5.26 Å². The molecule has 2 atom stereocenters. The van der Waals surface area contributed by atoms with Crippen LogP contribution in [0, 0.1) is 17.2 Å². The fraction of sp³-hybridized carbons (Fsp3) is 0.909. The zero-order valence-electron chi connectivity index (χ0n) is 9.43. The van der Waals surface area contributed by atoms with Gasteiger partial charge in [-0.25, -0.2) is 8.42 Å². The molecule has 0 spiro atoms. The molecule has 0 amide bonds. The molecule has 2 fully saturated rings. The Balaban J connectivity index is 2.03. The van der Waals surface area contributed by atoms with Crippen molar-refractivity contribution in [2.24, 2.45) is 5.92 Å². The molecule has 90 valence electrons. The van der Waals surface area contributed by atoms with Crippen LogP contribution in [0.1, 0.15) is 25.7 Å². The van der Waals surface area contributed by atoms with Gasteiger partial charge >= 0.3 is 0 Å². The molecule has 1 saturated carbocycles. The Bertz CT molecular complexity index is 385. The summed E-state index contributed by atoms with van der Waals surface area (Å²) in [5.41, 5.74) is 0. The van der Waals surface area contributed by atoms with Crippen LogP contribution in [0.2, 0.25) is 0 Å². The molecule has 2 unspecified atom stereocenters. The second-order valence-corrected chi connectivity index (χ2v) is 7.08. The molecule has 1 aliphatic carbocycles. The Morgan fingerprint density at radius 1 is 1.12 bits per heavy atom. The maximum absolute atomic E-state index is 11.5. The van der Waals surface area contributed by atoms with Gasteiger partial charge in [0, 0.05) is 12.6 Å². The molecule has 2 aliphatic rings. The first-order chi connectivity index (χ1) is 7.62. The SMILES string of the molecule is N#CC1CCCC1N1CCCS(=O)(=O)CC1. The summed E-state index contributed by atoms with van der Waals surface area (Å²) in [6.45, 7) is 1.45. The Hall–Kier alpha value is -0.600. The quantitative estimate of drug-likeness (QED) is 0.682. The standard InChI is InChI=1S/C11H18N2O2S/c12-9-10-3-1-4-11(10)13-5-2-7-16(14,15)8-6-13/h10-11H,1-8H2. The largest absolute Gasteiger partial charge is 0.298 e. The smallest absolute Gasteiger partial charge is 0.151 e. The second-order valence-electron chi connectivity index (χ2n) is 4.78. The highest BCUT2D eigenvalue weighted by Gasteiger charge is 2.33. The van der Waals surface area contributed by atoms with Crippen molar-refractivity contribution in [3.63, 3.8) is 0 Å². The first-order valence-electron chi connectivity index (χ1n) is 5.96. The van der Waals surface area contributed by atoms with E-state index in [9.17, 15) is 8.42 Å². The van der Waals surface area contributed by atoms with Crippen LogP contribution in [-0.4, -0.2) is 44.0 Å². The molecule has 4 nitrogen and oxygen atoms in total. The molecule has 1 aliphatic heterocycles. The molecule has 1 saturated heterocycles. The highest BCUT2D eigenvalue weighted by Crippen LogP contribution is 2.30. The average Bonchev–Trinajstić information content (AvgIpc) is 2.63. The van der Waals surface area contributed by atoms with E-state index in [0.717, 1.165) is 32.2 Å². The van der Waals surface area contributed by atoms with Crippen LogP contribution < -0.4 is 0 Å². The fourth-order valence-corrected chi connectivity index (χ4v) is 4.10. The van der Waals surface area contributed by atoms with Crippen molar-refractivity contribution < 1.29 is 8.42 Å². The second kappa shape index (κ2) is 4.72. The van der Waals surface area contributed by atoms with Gasteiger partial charge < -0.3 is 0 Å². The third-order valence-electron chi connectivity index (χ3n) is 3.70. The van der Waals surface area contributed by atoms with Crippen LogP contribution in [-0.2, 0) is 9.84 Å². The number of hydrogen-bond donors (Lipinski definition) is 0. The van der Waals surface area contributed by atoms with Crippen LogP contribution in [0.3, 0.4) is 0 Å². The lowest BCUT2D eigenvalue weighted by Crippen LogP contribution is -2.39. The first-order valence-corrected chi connectivity index (χ1v) is 7.78. The zero-order chi connectivity index (χ0) is 11.6. The molecule has 16 heavy (non-hydrogen) atoms. The predicted octanol–water partition coefficient (Wildman–Crippen LogP) is 0.799. The fourth-order valence-electron chi connectivity index (χ4n) is 2.82. The minimum Gasteiger partial charge on any atom is -0.298 e. The molecule has 0 aromatic heterocycles. The minimum absolute atomic E-state index is 0.112. The lowest BCUT2D eigenvalue weighted by atomic mass is 10.0.